The van der Waals surface area contributed by atoms with Crippen molar-refractivity contribution in [2.45, 2.75) is 52.2 Å². The maximum Gasteiger partial charge on any atom is 0.159 e. The minimum atomic E-state index is 0.0187. The van der Waals surface area contributed by atoms with Gasteiger partial charge in [-0.15, -0.1) is 0 Å². The molecule has 2 heterocycles. The van der Waals surface area contributed by atoms with Gasteiger partial charge < -0.3 is 4.90 Å². The number of hydrogen-bond donors (Lipinski definition) is 0. The molecule has 0 radical (unpaired) electrons. The summed E-state index contributed by atoms with van der Waals surface area (Å²) in [4.78, 5) is 19.2. The largest absolute Gasteiger partial charge is 0.368 e. The standard InChI is InChI=1S/C26H36ClN3O/c1-5-24(22(4)31)17-26(27)21(3)29-15-16-30(20(2)18-29)25-11-13-28(14-12-25)19-23-9-7-6-8-10-23/h5-10,17,20,25H,3,11-16,18-19H2,1-2,4H3/b24-5+,26-17+. The first-order valence-electron chi connectivity index (χ1n) is 11.4. The van der Waals surface area contributed by atoms with Crippen LogP contribution in [0.2, 0.25) is 0 Å². The summed E-state index contributed by atoms with van der Waals surface area (Å²) in [5.74, 6) is 0.0187. The molecule has 2 saturated heterocycles. The van der Waals surface area contributed by atoms with Gasteiger partial charge in [0.2, 0.25) is 0 Å². The Bertz CT molecular complexity index is 824. The van der Waals surface area contributed by atoms with E-state index in [2.05, 4.69) is 58.5 Å². The minimum Gasteiger partial charge on any atom is -0.368 e. The highest BCUT2D eigenvalue weighted by Gasteiger charge is 2.32. The highest BCUT2D eigenvalue weighted by molar-refractivity contribution is 6.32. The van der Waals surface area contributed by atoms with E-state index in [0.717, 1.165) is 45.0 Å². The van der Waals surface area contributed by atoms with E-state index in [9.17, 15) is 4.79 Å². The van der Waals surface area contributed by atoms with Crippen molar-refractivity contribution in [3.63, 3.8) is 0 Å². The number of benzene rings is 1. The first-order valence-corrected chi connectivity index (χ1v) is 11.8. The number of piperidine rings is 1. The number of carbonyl (C=O) groups excluding carboxylic acids is 1. The van der Waals surface area contributed by atoms with Crippen LogP contribution in [0, 0.1) is 0 Å². The normalized spacial score (nSPS) is 22.6. The summed E-state index contributed by atoms with van der Waals surface area (Å²) < 4.78 is 0. The Labute approximate surface area is 192 Å². The molecule has 1 aromatic carbocycles. The molecule has 0 spiro atoms. The number of rotatable bonds is 7. The lowest BCUT2D eigenvalue weighted by atomic mass is 9.99. The highest BCUT2D eigenvalue weighted by atomic mass is 35.5. The second-order valence-electron chi connectivity index (χ2n) is 8.76. The average molecular weight is 442 g/mol. The molecule has 0 bridgehead atoms. The number of piperazine rings is 1. The van der Waals surface area contributed by atoms with Gasteiger partial charge in [0.1, 0.15) is 0 Å². The van der Waals surface area contributed by atoms with Crippen LogP contribution in [0.1, 0.15) is 39.2 Å². The summed E-state index contributed by atoms with van der Waals surface area (Å²) in [5, 5.41) is 0.554. The lowest BCUT2D eigenvalue weighted by Gasteiger charge is -2.47. The number of halogens is 1. The van der Waals surface area contributed by atoms with Crippen molar-refractivity contribution in [1.82, 2.24) is 14.7 Å². The van der Waals surface area contributed by atoms with Crippen molar-refractivity contribution in [3.8, 4) is 0 Å². The van der Waals surface area contributed by atoms with E-state index in [-0.39, 0.29) is 5.78 Å². The molecule has 0 amide bonds. The van der Waals surface area contributed by atoms with Gasteiger partial charge in [-0.1, -0.05) is 54.6 Å². The molecule has 5 heteroatoms. The van der Waals surface area contributed by atoms with Gasteiger partial charge in [0.05, 0.1) is 5.03 Å². The topological polar surface area (TPSA) is 26.8 Å². The highest BCUT2D eigenvalue weighted by Crippen LogP contribution is 2.27. The second kappa shape index (κ2) is 11.1. The van der Waals surface area contributed by atoms with Crippen LogP contribution in [0.4, 0.5) is 0 Å². The maximum absolute atomic E-state index is 11.7. The van der Waals surface area contributed by atoms with E-state index in [1.807, 2.05) is 6.92 Å². The van der Waals surface area contributed by atoms with Crippen LogP contribution in [0.5, 0.6) is 0 Å². The molecule has 3 rings (SSSR count). The van der Waals surface area contributed by atoms with Gasteiger partial charge in [0.25, 0.3) is 0 Å². The number of hydrogen-bond acceptors (Lipinski definition) is 4. The summed E-state index contributed by atoms with van der Waals surface area (Å²) in [7, 11) is 0. The molecular formula is C26H36ClN3O. The van der Waals surface area contributed by atoms with Crippen LogP contribution in [0.3, 0.4) is 0 Å². The zero-order valence-electron chi connectivity index (χ0n) is 19.2. The van der Waals surface area contributed by atoms with Gasteiger partial charge in [0.15, 0.2) is 5.78 Å². The number of ketones is 1. The predicted octanol–water partition coefficient (Wildman–Crippen LogP) is 4.83. The molecule has 2 aliphatic rings. The first kappa shape index (κ1) is 23.8. The summed E-state index contributed by atoms with van der Waals surface area (Å²) in [6, 6.07) is 11.9. The third kappa shape index (κ3) is 6.31. The summed E-state index contributed by atoms with van der Waals surface area (Å²) in [6.45, 7) is 16.2. The molecule has 2 aliphatic heterocycles. The van der Waals surface area contributed by atoms with Gasteiger partial charge in [-0.05, 0) is 58.3 Å². The fourth-order valence-electron chi connectivity index (χ4n) is 4.77. The second-order valence-corrected chi connectivity index (χ2v) is 9.17. The number of nitrogens with zero attached hydrogens (tertiary/aromatic N) is 3. The smallest absolute Gasteiger partial charge is 0.159 e. The van der Waals surface area contributed by atoms with Crippen LogP contribution < -0.4 is 0 Å². The van der Waals surface area contributed by atoms with Crippen molar-refractivity contribution in [1.29, 1.82) is 0 Å². The van der Waals surface area contributed by atoms with Crippen molar-refractivity contribution in [2.24, 2.45) is 0 Å². The zero-order valence-corrected chi connectivity index (χ0v) is 19.9. The molecule has 0 aliphatic carbocycles. The Morgan fingerprint density at radius 1 is 1.16 bits per heavy atom. The van der Waals surface area contributed by atoms with E-state index in [0.29, 0.717) is 22.7 Å². The van der Waals surface area contributed by atoms with Crippen LogP contribution in [-0.4, -0.2) is 65.3 Å². The van der Waals surface area contributed by atoms with E-state index in [4.69, 9.17) is 11.6 Å². The van der Waals surface area contributed by atoms with Crippen molar-refractivity contribution in [3.05, 3.63) is 70.9 Å². The molecule has 1 unspecified atom stereocenters. The van der Waals surface area contributed by atoms with Crippen molar-refractivity contribution >= 4 is 17.4 Å². The Hall–Kier alpha value is -1.88. The quantitative estimate of drug-likeness (QED) is 0.447. The SMILES string of the molecule is C=C(/C(Cl)=C\C(=C/C)C(C)=O)N1CCN(C2CCN(Cc3ccccc3)CC2)C(C)C1. The van der Waals surface area contributed by atoms with Gasteiger partial charge >= 0.3 is 0 Å². The maximum atomic E-state index is 11.7. The third-order valence-corrected chi connectivity index (χ3v) is 6.94. The number of allylic oxidation sites excluding steroid dienone is 4. The van der Waals surface area contributed by atoms with E-state index in [1.165, 1.54) is 18.4 Å². The van der Waals surface area contributed by atoms with Gasteiger partial charge in [-0.2, -0.15) is 0 Å². The summed E-state index contributed by atoms with van der Waals surface area (Å²) in [5.41, 5.74) is 2.84. The molecule has 1 aromatic rings. The van der Waals surface area contributed by atoms with E-state index in [1.54, 1.807) is 19.1 Å². The molecule has 1 atom stereocenters. The molecule has 31 heavy (non-hydrogen) atoms. The first-order chi connectivity index (χ1) is 14.9. The summed E-state index contributed by atoms with van der Waals surface area (Å²) in [6.07, 6.45) is 5.98. The molecule has 2 fully saturated rings. The minimum absolute atomic E-state index is 0.0187. The zero-order chi connectivity index (χ0) is 22.4. The van der Waals surface area contributed by atoms with Gasteiger partial charge in [-0.3, -0.25) is 14.6 Å². The van der Waals surface area contributed by atoms with Crippen molar-refractivity contribution in [2.75, 3.05) is 32.7 Å². The van der Waals surface area contributed by atoms with Crippen LogP contribution in [0.15, 0.2) is 65.4 Å². The number of likely N-dealkylation sites (tertiary alicyclic amines) is 1. The lowest BCUT2D eigenvalue weighted by Crippen LogP contribution is -2.57. The van der Waals surface area contributed by atoms with Gasteiger partial charge in [-0.25, -0.2) is 0 Å². The Morgan fingerprint density at radius 2 is 1.84 bits per heavy atom. The molecule has 4 nitrogen and oxygen atoms in total. The fraction of sp³-hybridized carbons (Fsp3) is 0.500. The average Bonchev–Trinajstić information content (AvgIpc) is 2.78. The van der Waals surface area contributed by atoms with Crippen LogP contribution in [-0.2, 0) is 11.3 Å². The van der Waals surface area contributed by atoms with E-state index >= 15 is 0 Å². The Morgan fingerprint density at radius 3 is 2.42 bits per heavy atom. The van der Waals surface area contributed by atoms with Gasteiger partial charge in [0, 0.05) is 49.5 Å². The summed E-state index contributed by atoms with van der Waals surface area (Å²) >= 11 is 6.51. The molecule has 0 aromatic heterocycles. The number of Topliss-reactive ketones (excluding diaryl/α,β-unsaturated/α-hetero) is 1. The van der Waals surface area contributed by atoms with Crippen LogP contribution >= 0.6 is 11.6 Å². The molecule has 0 N–H and O–H groups in total. The molecule has 0 saturated carbocycles. The molecule has 168 valence electrons. The molecular weight excluding hydrogens is 406 g/mol. The fourth-order valence-corrected chi connectivity index (χ4v) is 5.01. The predicted molar refractivity (Wildman–Crippen MR) is 130 cm³/mol. The van der Waals surface area contributed by atoms with Crippen LogP contribution in [0.25, 0.3) is 0 Å². The Balaban J connectivity index is 1.51. The van der Waals surface area contributed by atoms with Crippen molar-refractivity contribution < 1.29 is 4.79 Å². The number of carbonyl (C=O) groups is 1. The third-order valence-electron chi connectivity index (χ3n) is 6.61. The van der Waals surface area contributed by atoms with E-state index < -0.39 is 0 Å². The monoisotopic (exact) mass is 441 g/mol. The Kier molecular flexibility index (Phi) is 8.53. The lowest BCUT2D eigenvalue weighted by molar-refractivity contribution is -0.113.